The van der Waals surface area contributed by atoms with Gasteiger partial charge < -0.3 is 10.5 Å². The third-order valence-corrected chi connectivity index (χ3v) is 3.34. The predicted octanol–water partition coefficient (Wildman–Crippen LogP) is 4.35. The van der Waals surface area contributed by atoms with Crippen LogP contribution in [0.25, 0.3) is 11.1 Å². The Labute approximate surface area is 117 Å². The summed E-state index contributed by atoms with van der Waals surface area (Å²) >= 11 is 5.94. The molecule has 0 amide bonds. The van der Waals surface area contributed by atoms with E-state index in [4.69, 9.17) is 22.1 Å². The molecule has 100 valence electrons. The Kier molecular flexibility index (Phi) is 3.67. The van der Waals surface area contributed by atoms with Crippen LogP contribution in [0.15, 0.2) is 24.3 Å². The largest absolute Gasteiger partial charge is 0.496 e. The molecule has 0 atom stereocenters. The molecule has 0 heterocycles. The summed E-state index contributed by atoms with van der Waals surface area (Å²) in [5, 5.41) is 0.206. The highest BCUT2D eigenvalue weighted by Crippen LogP contribution is 2.40. The Balaban J connectivity index is 2.79. The first-order chi connectivity index (χ1) is 8.93. The van der Waals surface area contributed by atoms with Gasteiger partial charge in [0, 0.05) is 11.1 Å². The predicted molar refractivity (Wildman–Crippen MR) is 77.3 cm³/mol. The summed E-state index contributed by atoms with van der Waals surface area (Å²) in [6.07, 6.45) is 0. The van der Waals surface area contributed by atoms with Crippen molar-refractivity contribution in [2.75, 3.05) is 12.8 Å². The second kappa shape index (κ2) is 5.10. The SMILES string of the molecule is COc1cc(C)cc(C)c1-c1cc(F)cc(Cl)c1N. The van der Waals surface area contributed by atoms with Crippen LogP contribution in [0, 0.1) is 19.7 Å². The van der Waals surface area contributed by atoms with E-state index in [1.54, 1.807) is 7.11 Å². The average molecular weight is 280 g/mol. The third-order valence-electron chi connectivity index (χ3n) is 3.03. The number of benzene rings is 2. The molecule has 0 unspecified atom stereocenters. The van der Waals surface area contributed by atoms with Gasteiger partial charge >= 0.3 is 0 Å². The lowest BCUT2D eigenvalue weighted by molar-refractivity contribution is 0.416. The molecule has 0 saturated carbocycles. The van der Waals surface area contributed by atoms with E-state index in [1.807, 2.05) is 26.0 Å². The first kappa shape index (κ1) is 13.7. The molecule has 0 spiro atoms. The molecule has 0 radical (unpaired) electrons. The fourth-order valence-corrected chi connectivity index (χ4v) is 2.43. The van der Waals surface area contributed by atoms with E-state index in [2.05, 4.69) is 0 Å². The van der Waals surface area contributed by atoms with Gasteiger partial charge in [0.1, 0.15) is 11.6 Å². The summed E-state index contributed by atoms with van der Waals surface area (Å²) in [6.45, 7) is 3.91. The zero-order valence-corrected chi connectivity index (χ0v) is 11.8. The number of nitrogen functional groups attached to an aromatic ring is 1. The summed E-state index contributed by atoms with van der Waals surface area (Å²) in [5.41, 5.74) is 9.67. The molecule has 0 fully saturated rings. The van der Waals surface area contributed by atoms with Crippen molar-refractivity contribution in [2.45, 2.75) is 13.8 Å². The normalized spacial score (nSPS) is 10.6. The van der Waals surface area contributed by atoms with Crippen LogP contribution in [0.3, 0.4) is 0 Å². The van der Waals surface area contributed by atoms with Crippen LogP contribution in [0.5, 0.6) is 5.75 Å². The van der Waals surface area contributed by atoms with Crippen LogP contribution < -0.4 is 10.5 Å². The summed E-state index contributed by atoms with van der Waals surface area (Å²) in [7, 11) is 1.58. The van der Waals surface area contributed by atoms with E-state index in [0.29, 0.717) is 17.0 Å². The number of methoxy groups -OCH3 is 1. The second-order valence-corrected chi connectivity index (χ2v) is 4.92. The first-order valence-corrected chi connectivity index (χ1v) is 6.22. The quantitative estimate of drug-likeness (QED) is 0.829. The molecule has 2 aromatic carbocycles. The van der Waals surface area contributed by atoms with Gasteiger partial charge in [-0.25, -0.2) is 4.39 Å². The third kappa shape index (κ3) is 2.51. The van der Waals surface area contributed by atoms with Crippen LogP contribution in [-0.4, -0.2) is 7.11 Å². The van der Waals surface area contributed by atoms with Crippen molar-refractivity contribution in [3.8, 4) is 16.9 Å². The molecule has 2 nitrogen and oxygen atoms in total. The monoisotopic (exact) mass is 279 g/mol. The van der Waals surface area contributed by atoms with Gasteiger partial charge in [-0.15, -0.1) is 0 Å². The molecule has 0 bridgehead atoms. The molecule has 0 aliphatic carbocycles. The van der Waals surface area contributed by atoms with Gasteiger partial charge in [-0.05, 0) is 43.2 Å². The van der Waals surface area contributed by atoms with E-state index in [-0.39, 0.29) is 5.02 Å². The number of halogens is 2. The average Bonchev–Trinajstić information content (AvgIpc) is 2.33. The van der Waals surface area contributed by atoms with E-state index < -0.39 is 5.82 Å². The minimum absolute atomic E-state index is 0.206. The van der Waals surface area contributed by atoms with Gasteiger partial charge in [-0.3, -0.25) is 0 Å². The number of rotatable bonds is 2. The van der Waals surface area contributed by atoms with Crippen LogP contribution in [0.2, 0.25) is 5.02 Å². The van der Waals surface area contributed by atoms with Crippen LogP contribution in [0.4, 0.5) is 10.1 Å². The summed E-state index contributed by atoms with van der Waals surface area (Å²) in [6, 6.07) is 6.47. The van der Waals surface area contributed by atoms with Crippen LogP contribution in [0.1, 0.15) is 11.1 Å². The minimum atomic E-state index is -0.420. The fourth-order valence-electron chi connectivity index (χ4n) is 2.23. The van der Waals surface area contributed by atoms with Crippen molar-refractivity contribution >= 4 is 17.3 Å². The zero-order valence-electron chi connectivity index (χ0n) is 11.1. The van der Waals surface area contributed by atoms with E-state index in [9.17, 15) is 4.39 Å². The summed E-state index contributed by atoms with van der Waals surface area (Å²) < 4.78 is 18.9. The number of ether oxygens (including phenoxy) is 1. The van der Waals surface area contributed by atoms with E-state index in [0.717, 1.165) is 16.7 Å². The van der Waals surface area contributed by atoms with Gasteiger partial charge in [0.2, 0.25) is 0 Å². The maximum absolute atomic E-state index is 13.6. The topological polar surface area (TPSA) is 35.2 Å². The first-order valence-electron chi connectivity index (χ1n) is 5.84. The van der Waals surface area contributed by atoms with Crippen LogP contribution in [-0.2, 0) is 0 Å². The molecule has 2 rings (SSSR count). The lowest BCUT2D eigenvalue weighted by Gasteiger charge is -2.15. The Bertz CT molecular complexity index is 641. The standard InChI is InChI=1S/C15H15ClFNO/c1-8-4-9(2)14(13(5-8)19-3)11-6-10(17)7-12(16)15(11)18/h4-7H,18H2,1-3H3. The van der Waals surface area contributed by atoms with Crippen molar-refractivity contribution < 1.29 is 9.13 Å². The molecular weight excluding hydrogens is 265 g/mol. The van der Waals surface area contributed by atoms with Crippen molar-refractivity contribution in [3.63, 3.8) is 0 Å². The minimum Gasteiger partial charge on any atom is -0.496 e. The smallest absolute Gasteiger partial charge is 0.127 e. The molecule has 19 heavy (non-hydrogen) atoms. The molecule has 2 aromatic rings. The number of hydrogen-bond donors (Lipinski definition) is 1. The highest BCUT2D eigenvalue weighted by molar-refractivity contribution is 6.33. The molecule has 2 N–H and O–H groups in total. The van der Waals surface area contributed by atoms with Gasteiger partial charge in [0.15, 0.2) is 0 Å². The van der Waals surface area contributed by atoms with Crippen molar-refractivity contribution in [2.24, 2.45) is 0 Å². The molecule has 0 saturated heterocycles. The number of hydrogen-bond acceptors (Lipinski definition) is 2. The molecule has 0 aromatic heterocycles. The second-order valence-electron chi connectivity index (χ2n) is 4.51. The molecular formula is C15H15ClFNO. The highest BCUT2D eigenvalue weighted by atomic mass is 35.5. The number of aryl methyl sites for hydroxylation is 2. The van der Waals surface area contributed by atoms with E-state index in [1.165, 1.54) is 12.1 Å². The van der Waals surface area contributed by atoms with E-state index >= 15 is 0 Å². The highest BCUT2D eigenvalue weighted by Gasteiger charge is 2.16. The van der Waals surface area contributed by atoms with Gasteiger partial charge in [-0.1, -0.05) is 17.7 Å². The summed E-state index contributed by atoms with van der Waals surface area (Å²) in [4.78, 5) is 0. The van der Waals surface area contributed by atoms with Crippen LogP contribution >= 0.6 is 11.6 Å². The Morgan fingerprint density at radius 3 is 2.47 bits per heavy atom. The molecule has 0 aliphatic heterocycles. The maximum Gasteiger partial charge on any atom is 0.127 e. The molecule has 4 heteroatoms. The van der Waals surface area contributed by atoms with Crippen molar-refractivity contribution in [1.29, 1.82) is 0 Å². The van der Waals surface area contributed by atoms with Gasteiger partial charge in [-0.2, -0.15) is 0 Å². The summed E-state index contributed by atoms with van der Waals surface area (Å²) in [5.74, 6) is 0.238. The Morgan fingerprint density at radius 2 is 1.84 bits per heavy atom. The zero-order chi connectivity index (χ0) is 14.2. The molecule has 0 aliphatic rings. The Morgan fingerprint density at radius 1 is 1.16 bits per heavy atom. The number of nitrogens with two attached hydrogens (primary N) is 1. The van der Waals surface area contributed by atoms with Gasteiger partial charge in [0.25, 0.3) is 0 Å². The van der Waals surface area contributed by atoms with Gasteiger partial charge in [0.05, 0.1) is 17.8 Å². The maximum atomic E-state index is 13.6. The van der Waals surface area contributed by atoms with Crippen molar-refractivity contribution in [3.05, 3.63) is 46.2 Å². The lowest BCUT2D eigenvalue weighted by atomic mass is 9.96. The Hall–Kier alpha value is -1.74. The number of anilines is 1. The van der Waals surface area contributed by atoms with Crippen molar-refractivity contribution in [1.82, 2.24) is 0 Å². The fraction of sp³-hybridized carbons (Fsp3) is 0.200. The lowest BCUT2D eigenvalue weighted by Crippen LogP contribution is -1.98.